The van der Waals surface area contributed by atoms with Crippen LogP contribution in [-0.4, -0.2) is 54.2 Å². The zero-order valence-electron chi connectivity index (χ0n) is 15.9. The molecule has 1 aromatic carbocycles. The SMILES string of the molecule is O=C(NC1CCN(CC2CCCO2)CC1)c1ccc(-c2ccncc2F)cc1. The number of ether oxygens (including phenoxy) is 1. The minimum absolute atomic E-state index is 0.0701. The molecule has 0 aliphatic carbocycles. The normalized spacial score (nSPS) is 21.0. The molecule has 0 spiro atoms. The van der Waals surface area contributed by atoms with Crippen LogP contribution >= 0.6 is 0 Å². The smallest absolute Gasteiger partial charge is 0.251 e. The molecule has 4 rings (SSSR count). The molecule has 2 fully saturated rings. The van der Waals surface area contributed by atoms with E-state index >= 15 is 0 Å². The van der Waals surface area contributed by atoms with Gasteiger partial charge in [0.05, 0.1) is 12.3 Å². The first-order valence-corrected chi connectivity index (χ1v) is 10.0. The minimum atomic E-state index is -0.366. The quantitative estimate of drug-likeness (QED) is 0.861. The lowest BCUT2D eigenvalue weighted by molar-refractivity contribution is 0.0613. The largest absolute Gasteiger partial charge is 0.377 e. The predicted molar refractivity (Wildman–Crippen MR) is 106 cm³/mol. The van der Waals surface area contributed by atoms with E-state index in [-0.39, 0.29) is 17.8 Å². The van der Waals surface area contributed by atoms with Gasteiger partial charge in [-0.1, -0.05) is 12.1 Å². The summed E-state index contributed by atoms with van der Waals surface area (Å²) in [5, 5.41) is 3.14. The Bertz CT molecular complexity index is 798. The lowest BCUT2D eigenvalue weighted by Gasteiger charge is -2.33. The molecule has 5 nitrogen and oxygen atoms in total. The molecule has 2 aliphatic rings. The molecule has 1 N–H and O–H groups in total. The number of carbonyl (C=O) groups excluding carboxylic acids is 1. The molecule has 2 saturated heterocycles. The number of halogens is 1. The fourth-order valence-electron chi connectivity index (χ4n) is 4.02. The van der Waals surface area contributed by atoms with Gasteiger partial charge in [-0.25, -0.2) is 4.39 Å². The summed E-state index contributed by atoms with van der Waals surface area (Å²) in [6, 6.07) is 8.88. The summed E-state index contributed by atoms with van der Waals surface area (Å²) in [5.74, 6) is -0.436. The first-order chi connectivity index (χ1) is 13.7. The van der Waals surface area contributed by atoms with Crippen molar-refractivity contribution in [2.24, 2.45) is 0 Å². The van der Waals surface area contributed by atoms with Crippen LogP contribution in [0.2, 0.25) is 0 Å². The summed E-state index contributed by atoms with van der Waals surface area (Å²) in [6.45, 7) is 3.88. The maximum Gasteiger partial charge on any atom is 0.251 e. The molecule has 2 aromatic rings. The second kappa shape index (κ2) is 8.80. The van der Waals surface area contributed by atoms with E-state index in [2.05, 4.69) is 15.2 Å². The standard InChI is InChI=1S/C22H26FN3O2/c23-21-14-24-10-7-20(21)16-3-5-17(6-4-16)22(27)25-18-8-11-26(12-9-18)15-19-2-1-13-28-19/h3-7,10,14,18-19H,1-2,8-9,11-13,15H2,(H,25,27). The van der Waals surface area contributed by atoms with E-state index in [1.807, 2.05) is 0 Å². The maximum absolute atomic E-state index is 13.8. The van der Waals surface area contributed by atoms with Crippen LogP contribution in [0.5, 0.6) is 0 Å². The van der Waals surface area contributed by atoms with E-state index < -0.39 is 0 Å². The van der Waals surface area contributed by atoms with Crippen LogP contribution in [0.3, 0.4) is 0 Å². The maximum atomic E-state index is 13.8. The summed E-state index contributed by atoms with van der Waals surface area (Å²) < 4.78 is 19.6. The average Bonchev–Trinajstić information content (AvgIpc) is 3.23. The van der Waals surface area contributed by atoms with E-state index in [1.54, 1.807) is 36.5 Å². The molecule has 2 aliphatic heterocycles. The third kappa shape index (κ3) is 4.56. The number of pyridine rings is 1. The van der Waals surface area contributed by atoms with Crippen molar-refractivity contribution in [3.63, 3.8) is 0 Å². The molecule has 28 heavy (non-hydrogen) atoms. The molecule has 1 atom stereocenters. The van der Waals surface area contributed by atoms with Crippen LogP contribution < -0.4 is 5.32 Å². The van der Waals surface area contributed by atoms with Crippen LogP contribution in [-0.2, 0) is 4.74 Å². The number of likely N-dealkylation sites (tertiary alicyclic amines) is 1. The van der Waals surface area contributed by atoms with E-state index in [9.17, 15) is 9.18 Å². The lowest BCUT2D eigenvalue weighted by Crippen LogP contribution is -2.46. The number of amides is 1. The van der Waals surface area contributed by atoms with Gasteiger partial charge in [-0.3, -0.25) is 9.78 Å². The predicted octanol–water partition coefficient (Wildman–Crippen LogP) is 3.26. The average molecular weight is 383 g/mol. The van der Waals surface area contributed by atoms with Gasteiger partial charge < -0.3 is 15.0 Å². The van der Waals surface area contributed by atoms with Crippen molar-refractivity contribution in [2.75, 3.05) is 26.2 Å². The van der Waals surface area contributed by atoms with E-state index in [4.69, 9.17) is 4.74 Å². The van der Waals surface area contributed by atoms with Crippen LogP contribution in [0.25, 0.3) is 11.1 Å². The molecule has 1 amide bonds. The Labute approximate surface area is 164 Å². The number of hydrogen-bond acceptors (Lipinski definition) is 4. The topological polar surface area (TPSA) is 54.5 Å². The Morgan fingerprint density at radius 1 is 1.18 bits per heavy atom. The van der Waals surface area contributed by atoms with Crippen molar-refractivity contribution in [3.8, 4) is 11.1 Å². The molecule has 0 bridgehead atoms. The van der Waals surface area contributed by atoms with E-state index in [0.29, 0.717) is 17.2 Å². The second-order valence-electron chi connectivity index (χ2n) is 7.62. The number of hydrogen-bond donors (Lipinski definition) is 1. The van der Waals surface area contributed by atoms with Crippen molar-refractivity contribution in [1.29, 1.82) is 0 Å². The third-order valence-corrected chi connectivity index (χ3v) is 5.64. The lowest BCUT2D eigenvalue weighted by atomic mass is 10.0. The van der Waals surface area contributed by atoms with Gasteiger partial charge in [0.2, 0.25) is 0 Å². The van der Waals surface area contributed by atoms with Crippen molar-refractivity contribution in [1.82, 2.24) is 15.2 Å². The summed E-state index contributed by atoms with van der Waals surface area (Å²) in [6.07, 6.45) is 7.39. The van der Waals surface area contributed by atoms with Crippen LogP contribution in [0.1, 0.15) is 36.0 Å². The fourth-order valence-corrected chi connectivity index (χ4v) is 4.02. The Morgan fingerprint density at radius 2 is 1.96 bits per heavy atom. The van der Waals surface area contributed by atoms with Gasteiger partial charge in [0, 0.05) is 49.6 Å². The highest BCUT2D eigenvalue weighted by Gasteiger charge is 2.24. The molecule has 0 saturated carbocycles. The molecule has 6 heteroatoms. The number of aromatic nitrogens is 1. The Kier molecular flexibility index (Phi) is 5.98. The Hall–Kier alpha value is -2.31. The monoisotopic (exact) mass is 383 g/mol. The van der Waals surface area contributed by atoms with Gasteiger partial charge in [0.1, 0.15) is 5.82 Å². The van der Waals surface area contributed by atoms with Crippen molar-refractivity contribution < 1.29 is 13.9 Å². The number of carbonyl (C=O) groups is 1. The number of nitrogens with one attached hydrogen (secondary N) is 1. The van der Waals surface area contributed by atoms with Crippen LogP contribution in [0, 0.1) is 5.82 Å². The summed E-state index contributed by atoms with van der Waals surface area (Å²) in [5.41, 5.74) is 1.82. The third-order valence-electron chi connectivity index (χ3n) is 5.64. The first kappa shape index (κ1) is 19.0. The summed E-state index contributed by atoms with van der Waals surface area (Å²) in [4.78, 5) is 18.8. The van der Waals surface area contributed by atoms with E-state index in [1.165, 1.54) is 12.6 Å². The van der Waals surface area contributed by atoms with Gasteiger partial charge >= 0.3 is 0 Å². The molecular weight excluding hydrogens is 357 g/mol. The summed E-state index contributed by atoms with van der Waals surface area (Å²) in [7, 11) is 0. The van der Waals surface area contributed by atoms with Crippen LogP contribution in [0.15, 0.2) is 42.7 Å². The number of benzene rings is 1. The highest BCUT2D eigenvalue weighted by atomic mass is 19.1. The van der Waals surface area contributed by atoms with Gasteiger partial charge in [-0.05, 0) is 49.4 Å². The van der Waals surface area contributed by atoms with Crippen molar-refractivity contribution >= 4 is 5.91 Å². The zero-order chi connectivity index (χ0) is 19.3. The summed E-state index contributed by atoms with van der Waals surface area (Å²) >= 11 is 0. The van der Waals surface area contributed by atoms with Gasteiger partial charge in [0.15, 0.2) is 0 Å². The van der Waals surface area contributed by atoms with Gasteiger partial charge in [-0.15, -0.1) is 0 Å². The Balaban J connectivity index is 1.29. The zero-order valence-corrected chi connectivity index (χ0v) is 15.9. The molecule has 1 unspecified atom stereocenters. The molecule has 1 aromatic heterocycles. The fraction of sp³-hybridized carbons (Fsp3) is 0.455. The highest BCUT2D eigenvalue weighted by Crippen LogP contribution is 2.22. The number of nitrogens with zero attached hydrogens (tertiary/aromatic N) is 2. The highest BCUT2D eigenvalue weighted by molar-refractivity contribution is 5.94. The number of piperidine rings is 1. The van der Waals surface area contributed by atoms with Crippen LogP contribution in [0.4, 0.5) is 4.39 Å². The Morgan fingerprint density at radius 3 is 2.64 bits per heavy atom. The van der Waals surface area contributed by atoms with Crippen molar-refractivity contribution in [3.05, 3.63) is 54.1 Å². The molecule has 3 heterocycles. The second-order valence-corrected chi connectivity index (χ2v) is 7.62. The molecule has 0 radical (unpaired) electrons. The van der Waals surface area contributed by atoms with E-state index in [0.717, 1.165) is 51.1 Å². The van der Waals surface area contributed by atoms with Gasteiger partial charge in [-0.2, -0.15) is 0 Å². The van der Waals surface area contributed by atoms with Crippen molar-refractivity contribution in [2.45, 2.75) is 37.8 Å². The molecule has 148 valence electrons. The number of rotatable bonds is 5. The van der Waals surface area contributed by atoms with Gasteiger partial charge in [0.25, 0.3) is 5.91 Å². The minimum Gasteiger partial charge on any atom is -0.377 e. The molecular formula is C22H26FN3O2. The first-order valence-electron chi connectivity index (χ1n) is 10.0.